The molecule has 3 heterocycles. The molecule has 5 rings (SSSR count). The topological polar surface area (TPSA) is 164 Å². The number of aromatic nitrogens is 3. The molecule has 1 saturated heterocycles. The highest BCUT2D eigenvalue weighted by molar-refractivity contribution is 6.06. The van der Waals surface area contributed by atoms with E-state index < -0.39 is 29.8 Å². The number of benzene rings is 1. The quantitative estimate of drug-likeness (QED) is 0.364. The molecule has 0 radical (unpaired) electrons. The number of piperidine rings is 1. The van der Waals surface area contributed by atoms with Crippen LogP contribution in [-0.2, 0) is 0 Å². The molecule has 2 aliphatic rings. The fraction of sp³-hybridized carbons (Fsp3) is 0.423. The van der Waals surface area contributed by atoms with E-state index in [2.05, 4.69) is 20.3 Å². The maximum atomic E-state index is 14.2. The monoisotopic (exact) mass is 524 g/mol. The molecule has 1 aliphatic carbocycles. The van der Waals surface area contributed by atoms with Gasteiger partial charge in [0.2, 0.25) is 0 Å². The number of hydrogen-bond donors (Lipinski definition) is 4. The van der Waals surface area contributed by atoms with Gasteiger partial charge in [0.1, 0.15) is 35.9 Å². The van der Waals surface area contributed by atoms with E-state index in [1.165, 1.54) is 6.33 Å². The Bertz CT molecular complexity index is 1350. The fourth-order valence-corrected chi connectivity index (χ4v) is 5.09. The van der Waals surface area contributed by atoms with Crippen molar-refractivity contribution >= 4 is 28.9 Å². The first-order valence-corrected chi connectivity index (χ1v) is 12.5. The molecule has 11 nitrogen and oxygen atoms in total. The summed E-state index contributed by atoms with van der Waals surface area (Å²) in [6.07, 6.45) is 2.23. The van der Waals surface area contributed by atoms with E-state index in [1.807, 2.05) is 0 Å². The van der Waals surface area contributed by atoms with Crippen LogP contribution in [0.3, 0.4) is 0 Å². The van der Waals surface area contributed by atoms with Crippen molar-refractivity contribution in [2.24, 2.45) is 5.73 Å². The first kappa shape index (κ1) is 25.6. The number of pyridine rings is 1. The van der Waals surface area contributed by atoms with Crippen LogP contribution in [0.2, 0.25) is 0 Å². The number of aliphatic hydroxyl groups is 1. The fourth-order valence-electron chi connectivity index (χ4n) is 5.09. The second kappa shape index (κ2) is 10.4. The Kier molecular flexibility index (Phi) is 6.98. The van der Waals surface area contributed by atoms with Crippen LogP contribution >= 0.6 is 0 Å². The minimum absolute atomic E-state index is 0.0696. The third-order valence-electron chi connectivity index (χ3n) is 7.06. The smallest absolute Gasteiger partial charge is 0.407 e. The van der Waals surface area contributed by atoms with E-state index in [1.54, 1.807) is 30.3 Å². The molecule has 1 aliphatic heterocycles. The lowest BCUT2D eigenvalue weighted by Gasteiger charge is -2.33. The van der Waals surface area contributed by atoms with Crippen LogP contribution in [0, 0.1) is 0 Å². The standard InChI is InChI=1S/C26H29FN6O5/c27-16-9-17(12-33(11-16)25(35)36)31-24-22-21(29-14-30-24)19(23(28)34)10-20(32-22)15-3-5-18(6-4-15)38-13-26(37)7-1-2-8-26/h3-6,10,14,16-17,37H,1-2,7-9,11-13H2,(H2,28,34)(H,35,36)(H,29,30,31)/t16-,17-/m0/s1. The lowest BCUT2D eigenvalue weighted by atomic mass is 10.0. The molecule has 2 amide bonds. The zero-order valence-corrected chi connectivity index (χ0v) is 20.6. The predicted octanol–water partition coefficient (Wildman–Crippen LogP) is 2.98. The molecule has 0 unspecified atom stereocenters. The maximum absolute atomic E-state index is 14.2. The van der Waals surface area contributed by atoms with Gasteiger partial charge in [0.15, 0.2) is 5.82 Å². The molecule has 1 aromatic carbocycles. The number of halogens is 1. The van der Waals surface area contributed by atoms with Gasteiger partial charge in [-0.1, -0.05) is 12.8 Å². The number of primary amides is 1. The van der Waals surface area contributed by atoms with Crippen molar-refractivity contribution < 1.29 is 28.9 Å². The molecule has 2 fully saturated rings. The highest BCUT2D eigenvalue weighted by Gasteiger charge is 2.32. The lowest BCUT2D eigenvalue weighted by molar-refractivity contribution is 0.00141. The Morgan fingerprint density at radius 2 is 1.89 bits per heavy atom. The molecular weight excluding hydrogens is 495 g/mol. The SMILES string of the molecule is NC(=O)c1cc(-c2ccc(OCC3(O)CCCC3)cc2)nc2c(N[C@H]3C[C@H](F)CN(C(=O)O)C3)ncnc12. The number of ether oxygens (including phenoxy) is 1. The Morgan fingerprint density at radius 3 is 2.58 bits per heavy atom. The lowest BCUT2D eigenvalue weighted by Crippen LogP contribution is -2.49. The number of anilines is 1. The Labute approximate surface area is 217 Å². The number of likely N-dealkylation sites (tertiary alicyclic amines) is 1. The first-order valence-electron chi connectivity index (χ1n) is 12.5. The van der Waals surface area contributed by atoms with Gasteiger partial charge < -0.3 is 30.9 Å². The van der Waals surface area contributed by atoms with Crippen molar-refractivity contribution in [2.75, 3.05) is 25.0 Å². The maximum Gasteiger partial charge on any atom is 0.407 e. The summed E-state index contributed by atoms with van der Waals surface area (Å²) in [6.45, 7) is 0.102. The van der Waals surface area contributed by atoms with Gasteiger partial charge in [-0.25, -0.2) is 24.1 Å². The Hall–Kier alpha value is -4.06. The average Bonchev–Trinajstić information content (AvgIpc) is 3.33. The zero-order valence-electron chi connectivity index (χ0n) is 20.6. The van der Waals surface area contributed by atoms with Gasteiger partial charge >= 0.3 is 6.09 Å². The molecule has 38 heavy (non-hydrogen) atoms. The van der Waals surface area contributed by atoms with Crippen molar-refractivity contribution in [1.82, 2.24) is 19.9 Å². The molecule has 200 valence electrons. The molecular formula is C26H29FN6O5. The molecule has 2 atom stereocenters. The van der Waals surface area contributed by atoms with E-state index in [-0.39, 0.29) is 48.5 Å². The zero-order chi connectivity index (χ0) is 26.9. The molecule has 5 N–H and O–H groups in total. The third kappa shape index (κ3) is 5.44. The molecule has 1 saturated carbocycles. The number of carbonyl (C=O) groups excluding carboxylic acids is 1. The summed E-state index contributed by atoms with van der Waals surface area (Å²) in [7, 11) is 0. The van der Waals surface area contributed by atoms with E-state index in [4.69, 9.17) is 10.5 Å². The van der Waals surface area contributed by atoms with Gasteiger partial charge in [-0.05, 0) is 43.2 Å². The van der Waals surface area contributed by atoms with E-state index >= 15 is 0 Å². The van der Waals surface area contributed by atoms with Gasteiger partial charge in [0, 0.05) is 24.6 Å². The summed E-state index contributed by atoms with van der Waals surface area (Å²) in [5, 5.41) is 22.9. The number of hydrogen-bond acceptors (Lipinski definition) is 8. The number of alkyl halides is 1. The predicted molar refractivity (Wildman–Crippen MR) is 137 cm³/mol. The van der Waals surface area contributed by atoms with Crippen LogP contribution in [-0.4, -0.2) is 79.6 Å². The summed E-state index contributed by atoms with van der Waals surface area (Å²) >= 11 is 0. The number of nitrogens with zero attached hydrogens (tertiary/aromatic N) is 4. The van der Waals surface area contributed by atoms with Gasteiger partial charge in [-0.3, -0.25) is 4.79 Å². The van der Waals surface area contributed by atoms with Gasteiger partial charge in [0.05, 0.1) is 23.4 Å². The molecule has 12 heteroatoms. The second-order valence-corrected chi connectivity index (χ2v) is 9.95. The van der Waals surface area contributed by atoms with Crippen LogP contribution in [0.4, 0.5) is 15.0 Å². The number of fused-ring (bicyclic) bond motifs is 1. The largest absolute Gasteiger partial charge is 0.491 e. The molecule has 2 aromatic heterocycles. The van der Waals surface area contributed by atoms with Gasteiger partial charge in [0.25, 0.3) is 5.91 Å². The second-order valence-electron chi connectivity index (χ2n) is 9.95. The van der Waals surface area contributed by atoms with Crippen LogP contribution in [0.15, 0.2) is 36.7 Å². The average molecular weight is 525 g/mol. The van der Waals surface area contributed by atoms with Crippen LogP contribution in [0.1, 0.15) is 42.5 Å². The van der Waals surface area contributed by atoms with E-state index in [9.17, 15) is 24.2 Å². The third-order valence-corrected chi connectivity index (χ3v) is 7.06. The van der Waals surface area contributed by atoms with Crippen molar-refractivity contribution in [2.45, 2.75) is 49.9 Å². The van der Waals surface area contributed by atoms with E-state index in [0.717, 1.165) is 30.6 Å². The normalized spacial score (nSPS) is 20.8. The van der Waals surface area contributed by atoms with E-state index in [0.29, 0.717) is 17.0 Å². The molecule has 3 aromatic rings. The summed E-state index contributed by atoms with van der Waals surface area (Å²) in [6, 6.07) is 8.07. The van der Waals surface area contributed by atoms with Crippen molar-refractivity contribution in [3.05, 3.63) is 42.2 Å². The number of amides is 2. The molecule has 0 spiro atoms. The number of nitrogens with two attached hydrogens (primary N) is 1. The Morgan fingerprint density at radius 1 is 1.16 bits per heavy atom. The number of carbonyl (C=O) groups is 2. The first-order chi connectivity index (χ1) is 18.2. The van der Waals surface area contributed by atoms with Gasteiger partial charge in [-0.15, -0.1) is 0 Å². The number of carboxylic acid groups (broad SMARTS) is 1. The van der Waals surface area contributed by atoms with Crippen molar-refractivity contribution in [3.8, 4) is 17.0 Å². The summed E-state index contributed by atoms with van der Waals surface area (Å²) in [5.41, 5.74) is 6.59. The van der Waals surface area contributed by atoms with Gasteiger partial charge in [-0.2, -0.15) is 0 Å². The molecule has 0 bridgehead atoms. The number of nitrogens with one attached hydrogen (secondary N) is 1. The summed E-state index contributed by atoms with van der Waals surface area (Å²) < 4.78 is 20.0. The summed E-state index contributed by atoms with van der Waals surface area (Å²) in [4.78, 5) is 37.8. The number of rotatable bonds is 7. The summed E-state index contributed by atoms with van der Waals surface area (Å²) in [5.74, 6) is 0.136. The van der Waals surface area contributed by atoms with Crippen molar-refractivity contribution in [1.29, 1.82) is 0 Å². The van der Waals surface area contributed by atoms with Crippen LogP contribution < -0.4 is 15.8 Å². The van der Waals surface area contributed by atoms with Crippen LogP contribution in [0.25, 0.3) is 22.3 Å². The van der Waals surface area contributed by atoms with Crippen molar-refractivity contribution in [3.63, 3.8) is 0 Å². The minimum atomic E-state index is -1.33. The highest BCUT2D eigenvalue weighted by Crippen LogP contribution is 2.32. The highest BCUT2D eigenvalue weighted by atomic mass is 19.1. The van der Waals surface area contributed by atoms with Crippen LogP contribution in [0.5, 0.6) is 5.75 Å². The Balaban J connectivity index is 1.43. The minimum Gasteiger partial charge on any atom is -0.491 e.